The molecular formula is C9H14N2O2S. The Bertz CT molecular complexity index is 239. The van der Waals surface area contributed by atoms with Gasteiger partial charge in [0.2, 0.25) is 5.91 Å². The first-order valence-corrected chi connectivity index (χ1v) is 5.61. The number of amides is 1. The minimum absolute atomic E-state index is 0.00287. The SMILES string of the molecule is COC1CCCCN1C(=O)CSC#N. The van der Waals surface area contributed by atoms with Crippen LogP contribution < -0.4 is 0 Å². The molecule has 1 rings (SSSR count). The summed E-state index contributed by atoms with van der Waals surface area (Å²) in [5.74, 6) is 0.235. The Balaban J connectivity index is 2.46. The Kier molecular flexibility index (Phi) is 4.77. The molecule has 0 aromatic rings. The van der Waals surface area contributed by atoms with Crippen LogP contribution in [0.3, 0.4) is 0 Å². The minimum atomic E-state index is -0.0875. The number of hydrogen-bond acceptors (Lipinski definition) is 4. The van der Waals surface area contributed by atoms with Crippen LogP contribution in [-0.4, -0.2) is 36.4 Å². The molecule has 1 heterocycles. The fourth-order valence-corrected chi connectivity index (χ4v) is 1.96. The van der Waals surface area contributed by atoms with Crippen LogP contribution in [0.4, 0.5) is 0 Å². The summed E-state index contributed by atoms with van der Waals surface area (Å²) in [6.07, 6.45) is 2.95. The number of carbonyl (C=O) groups excluding carboxylic acids is 1. The molecule has 1 fully saturated rings. The lowest BCUT2D eigenvalue weighted by Gasteiger charge is -2.34. The zero-order valence-electron chi connectivity index (χ0n) is 8.23. The molecule has 0 radical (unpaired) electrons. The van der Waals surface area contributed by atoms with Gasteiger partial charge in [0, 0.05) is 13.7 Å². The summed E-state index contributed by atoms with van der Waals surface area (Å²) < 4.78 is 5.22. The van der Waals surface area contributed by atoms with Crippen molar-refractivity contribution in [3.63, 3.8) is 0 Å². The van der Waals surface area contributed by atoms with Crippen LogP contribution in [0.1, 0.15) is 19.3 Å². The van der Waals surface area contributed by atoms with Gasteiger partial charge in [0.15, 0.2) is 0 Å². The van der Waals surface area contributed by atoms with Gasteiger partial charge in [0.25, 0.3) is 0 Å². The molecule has 0 aromatic heterocycles. The van der Waals surface area contributed by atoms with E-state index in [9.17, 15) is 4.79 Å². The van der Waals surface area contributed by atoms with E-state index in [-0.39, 0.29) is 17.9 Å². The predicted molar refractivity (Wildman–Crippen MR) is 54.4 cm³/mol. The number of methoxy groups -OCH3 is 1. The standard InChI is InChI=1S/C9H14N2O2S/c1-13-9-4-2-3-5-11(9)8(12)6-14-7-10/h9H,2-6H2,1H3. The average molecular weight is 214 g/mol. The molecule has 4 nitrogen and oxygen atoms in total. The van der Waals surface area contributed by atoms with E-state index in [1.54, 1.807) is 12.0 Å². The van der Waals surface area contributed by atoms with Crippen LogP contribution >= 0.6 is 11.8 Å². The van der Waals surface area contributed by atoms with E-state index >= 15 is 0 Å². The van der Waals surface area contributed by atoms with Crippen molar-refractivity contribution in [1.82, 2.24) is 4.90 Å². The monoisotopic (exact) mass is 214 g/mol. The van der Waals surface area contributed by atoms with Crippen LogP contribution in [0.15, 0.2) is 0 Å². The third kappa shape index (κ3) is 2.89. The second kappa shape index (κ2) is 5.89. The number of ether oxygens (including phenoxy) is 1. The Morgan fingerprint density at radius 3 is 3.14 bits per heavy atom. The number of hydrogen-bond donors (Lipinski definition) is 0. The predicted octanol–water partition coefficient (Wildman–Crippen LogP) is 1.19. The number of thioether (sulfide) groups is 1. The first-order chi connectivity index (χ1) is 6.79. The van der Waals surface area contributed by atoms with Crippen molar-refractivity contribution in [2.45, 2.75) is 25.5 Å². The van der Waals surface area contributed by atoms with E-state index in [0.717, 1.165) is 37.6 Å². The van der Waals surface area contributed by atoms with Gasteiger partial charge >= 0.3 is 0 Å². The summed E-state index contributed by atoms with van der Waals surface area (Å²) in [5, 5.41) is 10.2. The lowest BCUT2D eigenvalue weighted by atomic mass is 10.1. The highest BCUT2D eigenvalue weighted by atomic mass is 32.2. The summed E-state index contributed by atoms with van der Waals surface area (Å²) in [5.41, 5.74) is 0. The molecule has 78 valence electrons. The summed E-state index contributed by atoms with van der Waals surface area (Å²) in [6, 6.07) is 0. The molecule has 0 aromatic carbocycles. The third-order valence-electron chi connectivity index (χ3n) is 2.30. The fraction of sp³-hybridized carbons (Fsp3) is 0.778. The van der Waals surface area contributed by atoms with E-state index in [2.05, 4.69) is 0 Å². The van der Waals surface area contributed by atoms with E-state index < -0.39 is 0 Å². The van der Waals surface area contributed by atoms with Crippen LogP contribution in [0.2, 0.25) is 0 Å². The van der Waals surface area contributed by atoms with Gasteiger partial charge in [0.05, 0.1) is 5.75 Å². The van der Waals surface area contributed by atoms with Gasteiger partial charge in [-0.3, -0.25) is 4.79 Å². The fourth-order valence-electron chi connectivity index (χ4n) is 1.61. The lowest BCUT2D eigenvalue weighted by molar-refractivity contribution is -0.144. The average Bonchev–Trinajstić information content (AvgIpc) is 2.25. The van der Waals surface area contributed by atoms with Crippen molar-refractivity contribution in [3.8, 4) is 5.40 Å². The number of nitriles is 1. The van der Waals surface area contributed by atoms with Crippen LogP contribution in [0.5, 0.6) is 0 Å². The lowest BCUT2D eigenvalue weighted by Crippen LogP contribution is -2.45. The molecule has 1 amide bonds. The van der Waals surface area contributed by atoms with Gasteiger partial charge < -0.3 is 9.64 Å². The summed E-state index contributed by atoms with van der Waals surface area (Å²) in [7, 11) is 1.62. The van der Waals surface area contributed by atoms with E-state index in [1.807, 2.05) is 5.40 Å². The summed E-state index contributed by atoms with van der Waals surface area (Å²) >= 11 is 0.981. The molecule has 5 heteroatoms. The highest BCUT2D eigenvalue weighted by molar-refractivity contribution is 8.04. The molecule has 1 saturated heterocycles. The zero-order valence-corrected chi connectivity index (χ0v) is 9.05. The Hall–Kier alpha value is -0.730. The molecule has 0 aliphatic carbocycles. The zero-order chi connectivity index (χ0) is 10.4. The Morgan fingerprint density at radius 1 is 1.71 bits per heavy atom. The molecule has 1 atom stereocenters. The highest BCUT2D eigenvalue weighted by Gasteiger charge is 2.25. The molecule has 1 aliphatic heterocycles. The number of carbonyl (C=O) groups is 1. The number of likely N-dealkylation sites (tertiary alicyclic amines) is 1. The van der Waals surface area contributed by atoms with E-state index in [1.165, 1.54) is 0 Å². The minimum Gasteiger partial charge on any atom is -0.362 e. The van der Waals surface area contributed by atoms with Crippen LogP contribution in [-0.2, 0) is 9.53 Å². The molecule has 0 bridgehead atoms. The molecule has 0 N–H and O–H groups in total. The number of piperidine rings is 1. The van der Waals surface area contributed by atoms with Crippen molar-refractivity contribution in [2.24, 2.45) is 0 Å². The first-order valence-electron chi connectivity index (χ1n) is 4.62. The van der Waals surface area contributed by atoms with Gasteiger partial charge in [-0.1, -0.05) is 0 Å². The second-order valence-electron chi connectivity index (χ2n) is 3.15. The van der Waals surface area contributed by atoms with Crippen molar-refractivity contribution in [1.29, 1.82) is 5.26 Å². The third-order valence-corrected chi connectivity index (χ3v) is 2.82. The van der Waals surface area contributed by atoms with Crippen molar-refractivity contribution >= 4 is 17.7 Å². The van der Waals surface area contributed by atoms with Gasteiger partial charge in [0.1, 0.15) is 11.6 Å². The Morgan fingerprint density at radius 2 is 2.50 bits per heavy atom. The van der Waals surface area contributed by atoms with E-state index in [0.29, 0.717) is 0 Å². The first kappa shape index (κ1) is 11.3. The summed E-state index contributed by atoms with van der Waals surface area (Å²) in [4.78, 5) is 13.3. The highest BCUT2D eigenvalue weighted by Crippen LogP contribution is 2.18. The maximum atomic E-state index is 11.6. The molecule has 14 heavy (non-hydrogen) atoms. The van der Waals surface area contributed by atoms with Crippen LogP contribution in [0, 0.1) is 10.7 Å². The largest absolute Gasteiger partial charge is 0.362 e. The molecule has 0 saturated carbocycles. The number of thiocyanates is 1. The normalized spacial score (nSPS) is 21.7. The van der Waals surface area contributed by atoms with Crippen molar-refractivity contribution < 1.29 is 9.53 Å². The second-order valence-corrected chi connectivity index (χ2v) is 3.91. The Labute approximate surface area is 88.2 Å². The van der Waals surface area contributed by atoms with E-state index in [4.69, 9.17) is 10.00 Å². The number of rotatable bonds is 3. The maximum Gasteiger partial charge on any atom is 0.235 e. The molecule has 1 unspecified atom stereocenters. The quantitative estimate of drug-likeness (QED) is 0.662. The topological polar surface area (TPSA) is 53.3 Å². The molecule has 0 spiro atoms. The van der Waals surface area contributed by atoms with Gasteiger partial charge in [-0.05, 0) is 31.0 Å². The molecule has 1 aliphatic rings. The van der Waals surface area contributed by atoms with Crippen LogP contribution in [0.25, 0.3) is 0 Å². The van der Waals surface area contributed by atoms with Gasteiger partial charge in [-0.2, -0.15) is 5.26 Å². The molecular weight excluding hydrogens is 200 g/mol. The van der Waals surface area contributed by atoms with Crippen molar-refractivity contribution in [3.05, 3.63) is 0 Å². The number of nitrogens with zero attached hydrogens (tertiary/aromatic N) is 2. The smallest absolute Gasteiger partial charge is 0.235 e. The maximum absolute atomic E-state index is 11.6. The van der Waals surface area contributed by atoms with Gasteiger partial charge in [-0.25, -0.2) is 0 Å². The van der Waals surface area contributed by atoms with Gasteiger partial charge in [-0.15, -0.1) is 0 Å². The van der Waals surface area contributed by atoms with Crippen molar-refractivity contribution in [2.75, 3.05) is 19.4 Å². The summed E-state index contributed by atoms with van der Waals surface area (Å²) in [6.45, 7) is 0.753.